The number of furan rings is 1. The minimum Gasteiger partial charge on any atom is -0.478 e. The van der Waals surface area contributed by atoms with E-state index in [1.807, 2.05) is 0 Å². The lowest BCUT2D eigenvalue weighted by molar-refractivity contribution is -0.137. The number of amides is 2. The molecule has 20 heavy (non-hydrogen) atoms. The first-order valence-corrected chi connectivity index (χ1v) is 5.48. The summed E-state index contributed by atoms with van der Waals surface area (Å²) in [6.45, 7) is -0.143. The number of halogens is 3. The van der Waals surface area contributed by atoms with E-state index >= 15 is 0 Å². The predicted octanol–water partition coefficient (Wildman–Crippen LogP) is 1.99. The molecule has 0 atom stereocenters. The Kier molecular flexibility index (Phi) is 4.64. The van der Waals surface area contributed by atoms with Crippen molar-refractivity contribution in [1.82, 2.24) is 10.2 Å². The molecule has 1 rings (SSSR count). The molecule has 9 heteroatoms. The van der Waals surface area contributed by atoms with Crippen molar-refractivity contribution in [2.75, 3.05) is 13.6 Å². The van der Waals surface area contributed by atoms with Gasteiger partial charge in [0.15, 0.2) is 0 Å². The number of carbonyl (C=O) groups excluding carboxylic acids is 1. The second-order valence-electron chi connectivity index (χ2n) is 4.12. The molecule has 0 fully saturated rings. The van der Waals surface area contributed by atoms with Gasteiger partial charge in [-0.05, 0) is 13.0 Å². The molecule has 0 radical (unpaired) electrons. The van der Waals surface area contributed by atoms with Crippen LogP contribution < -0.4 is 5.32 Å². The highest BCUT2D eigenvalue weighted by atomic mass is 19.4. The quantitative estimate of drug-likeness (QED) is 0.889. The van der Waals surface area contributed by atoms with Crippen molar-refractivity contribution in [3.63, 3.8) is 0 Å². The summed E-state index contributed by atoms with van der Waals surface area (Å²) in [5, 5.41) is 11.0. The third-order valence-electron chi connectivity index (χ3n) is 2.38. The van der Waals surface area contributed by atoms with Crippen molar-refractivity contribution in [3.05, 3.63) is 23.2 Å². The summed E-state index contributed by atoms with van der Waals surface area (Å²) in [6, 6.07) is 0.273. The van der Waals surface area contributed by atoms with Crippen molar-refractivity contribution in [1.29, 1.82) is 0 Å². The molecule has 1 aromatic heterocycles. The predicted molar refractivity (Wildman–Crippen MR) is 61.3 cm³/mol. The van der Waals surface area contributed by atoms with Gasteiger partial charge in [-0.2, -0.15) is 13.2 Å². The monoisotopic (exact) mass is 294 g/mol. The third-order valence-corrected chi connectivity index (χ3v) is 2.38. The Morgan fingerprint density at radius 1 is 1.45 bits per heavy atom. The highest BCUT2D eigenvalue weighted by Gasteiger charge is 2.31. The lowest BCUT2D eigenvalue weighted by atomic mass is 10.2. The number of urea groups is 1. The number of nitrogens with zero attached hydrogens (tertiary/aromatic N) is 1. The van der Waals surface area contributed by atoms with Crippen LogP contribution in [0.15, 0.2) is 10.5 Å². The van der Waals surface area contributed by atoms with Crippen molar-refractivity contribution in [2.45, 2.75) is 19.6 Å². The Bertz CT molecular complexity index is 510. The van der Waals surface area contributed by atoms with Gasteiger partial charge in [0.1, 0.15) is 23.6 Å². The van der Waals surface area contributed by atoms with E-state index in [1.54, 1.807) is 0 Å². The van der Waals surface area contributed by atoms with Gasteiger partial charge in [-0.15, -0.1) is 0 Å². The summed E-state index contributed by atoms with van der Waals surface area (Å²) in [4.78, 5) is 22.6. The van der Waals surface area contributed by atoms with E-state index in [9.17, 15) is 22.8 Å². The van der Waals surface area contributed by atoms with Crippen LogP contribution in [0, 0.1) is 6.92 Å². The average molecular weight is 294 g/mol. The normalized spacial score (nSPS) is 11.2. The molecule has 6 nitrogen and oxygen atoms in total. The van der Waals surface area contributed by atoms with Crippen LogP contribution in [0.25, 0.3) is 0 Å². The highest BCUT2D eigenvalue weighted by Crippen LogP contribution is 2.16. The minimum absolute atomic E-state index is 0.0575. The first kappa shape index (κ1) is 15.9. The highest BCUT2D eigenvalue weighted by molar-refractivity contribution is 5.88. The molecular formula is C11H13F3N2O4. The smallest absolute Gasteiger partial charge is 0.406 e. The Morgan fingerprint density at radius 2 is 2.05 bits per heavy atom. The van der Waals surface area contributed by atoms with Crippen LogP contribution in [0.5, 0.6) is 0 Å². The van der Waals surface area contributed by atoms with E-state index in [0.717, 1.165) is 7.05 Å². The molecule has 1 heterocycles. The zero-order chi connectivity index (χ0) is 15.5. The maximum Gasteiger partial charge on any atom is 0.406 e. The van der Waals surface area contributed by atoms with Gasteiger partial charge in [-0.3, -0.25) is 0 Å². The van der Waals surface area contributed by atoms with Crippen molar-refractivity contribution in [3.8, 4) is 0 Å². The van der Waals surface area contributed by atoms with E-state index in [1.165, 1.54) is 13.0 Å². The number of carboxylic acids is 1. The van der Waals surface area contributed by atoms with Gasteiger partial charge in [0.25, 0.3) is 0 Å². The van der Waals surface area contributed by atoms with Crippen LogP contribution in [0.3, 0.4) is 0 Å². The fourth-order valence-electron chi connectivity index (χ4n) is 1.48. The second-order valence-corrected chi connectivity index (χ2v) is 4.12. The van der Waals surface area contributed by atoms with E-state index in [4.69, 9.17) is 9.52 Å². The average Bonchev–Trinajstić information content (AvgIpc) is 2.65. The number of aromatic carboxylic acids is 1. The summed E-state index contributed by atoms with van der Waals surface area (Å²) >= 11 is 0. The van der Waals surface area contributed by atoms with Crippen LogP contribution in [-0.4, -0.2) is 41.8 Å². The number of aryl methyl sites for hydroxylation is 1. The van der Waals surface area contributed by atoms with Gasteiger partial charge < -0.3 is 19.7 Å². The first-order chi connectivity index (χ1) is 9.10. The third kappa shape index (κ3) is 4.48. The van der Waals surface area contributed by atoms with Gasteiger partial charge in [-0.1, -0.05) is 0 Å². The lowest BCUT2D eigenvalue weighted by Crippen LogP contribution is -2.41. The van der Waals surface area contributed by atoms with Gasteiger partial charge in [0, 0.05) is 7.05 Å². The molecule has 0 spiro atoms. The number of hydrogen-bond acceptors (Lipinski definition) is 3. The molecule has 0 aromatic carbocycles. The fourth-order valence-corrected chi connectivity index (χ4v) is 1.48. The van der Waals surface area contributed by atoms with E-state index in [0.29, 0.717) is 4.90 Å². The van der Waals surface area contributed by atoms with Gasteiger partial charge in [0.05, 0.1) is 6.54 Å². The molecule has 0 unspecified atom stereocenters. The van der Waals surface area contributed by atoms with E-state index < -0.39 is 24.7 Å². The SMILES string of the molecule is Cc1oc(CNC(=O)N(C)CC(F)(F)F)cc1C(=O)O. The molecule has 0 saturated heterocycles. The Morgan fingerprint density at radius 3 is 2.50 bits per heavy atom. The van der Waals surface area contributed by atoms with Crippen LogP contribution >= 0.6 is 0 Å². The number of rotatable bonds is 4. The number of carbonyl (C=O) groups is 2. The van der Waals surface area contributed by atoms with Crippen molar-refractivity contribution < 1.29 is 32.3 Å². The molecule has 0 aliphatic carbocycles. The topological polar surface area (TPSA) is 82.8 Å². The molecular weight excluding hydrogens is 281 g/mol. The molecule has 0 aliphatic rings. The number of nitrogens with one attached hydrogen (secondary N) is 1. The Hall–Kier alpha value is -2.19. The Labute approximate surface area is 112 Å². The maximum absolute atomic E-state index is 12.1. The Balaban J connectivity index is 2.57. The first-order valence-electron chi connectivity index (χ1n) is 5.48. The fraction of sp³-hybridized carbons (Fsp3) is 0.455. The summed E-state index contributed by atoms with van der Waals surface area (Å²) < 4.78 is 41.3. The molecule has 2 amide bonds. The zero-order valence-corrected chi connectivity index (χ0v) is 10.7. The molecule has 0 bridgehead atoms. The van der Waals surface area contributed by atoms with Crippen LogP contribution in [0.4, 0.5) is 18.0 Å². The molecule has 0 saturated carbocycles. The van der Waals surface area contributed by atoms with Crippen molar-refractivity contribution >= 4 is 12.0 Å². The summed E-state index contributed by atoms with van der Waals surface area (Å²) in [6.07, 6.45) is -4.48. The molecule has 2 N–H and O–H groups in total. The van der Waals surface area contributed by atoms with Gasteiger partial charge in [-0.25, -0.2) is 9.59 Å². The molecule has 1 aromatic rings. The summed E-state index contributed by atoms with van der Waals surface area (Å²) in [5.74, 6) is -0.878. The van der Waals surface area contributed by atoms with Crippen LogP contribution in [-0.2, 0) is 6.54 Å². The van der Waals surface area contributed by atoms with E-state index in [2.05, 4.69) is 5.32 Å². The lowest BCUT2D eigenvalue weighted by Gasteiger charge is -2.19. The number of hydrogen-bond donors (Lipinski definition) is 2. The largest absolute Gasteiger partial charge is 0.478 e. The number of alkyl halides is 3. The van der Waals surface area contributed by atoms with E-state index in [-0.39, 0.29) is 23.6 Å². The molecule has 0 aliphatic heterocycles. The second kappa shape index (κ2) is 5.85. The van der Waals surface area contributed by atoms with Crippen molar-refractivity contribution in [2.24, 2.45) is 0 Å². The van der Waals surface area contributed by atoms with Crippen LogP contribution in [0.2, 0.25) is 0 Å². The zero-order valence-electron chi connectivity index (χ0n) is 10.7. The summed E-state index contributed by atoms with van der Waals surface area (Å²) in [5.41, 5.74) is -0.0575. The van der Waals surface area contributed by atoms with Gasteiger partial charge >= 0.3 is 18.2 Å². The summed E-state index contributed by atoms with van der Waals surface area (Å²) in [7, 11) is 0.999. The maximum atomic E-state index is 12.1. The minimum atomic E-state index is -4.48. The number of carboxylic acid groups (broad SMARTS) is 1. The van der Waals surface area contributed by atoms with Crippen LogP contribution in [0.1, 0.15) is 21.9 Å². The molecule has 112 valence electrons. The standard InChI is InChI=1S/C11H13F3N2O4/c1-6-8(9(17)18)3-7(20-6)4-15-10(19)16(2)5-11(12,13)14/h3H,4-5H2,1-2H3,(H,15,19)(H,17,18). The van der Waals surface area contributed by atoms with Gasteiger partial charge in [0.2, 0.25) is 0 Å².